The Bertz CT molecular complexity index is 835. The minimum Gasteiger partial charge on any atom is -0.369 e. The zero-order valence-corrected chi connectivity index (χ0v) is 12.8. The van der Waals surface area contributed by atoms with Crippen LogP contribution in [0.4, 0.5) is 13.2 Å². The third-order valence-electron chi connectivity index (χ3n) is 4.17. The Hall–Kier alpha value is -2.08. The topological polar surface area (TPSA) is 56.0 Å². The van der Waals surface area contributed by atoms with Gasteiger partial charge in [-0.3, -0.25) is 4.79 Å². The molecule has 1 aliphatic carbocycles. The summed E-state index contributed by atoms with van der Waals surface area (Å²) in [6.07, 6.45) is 0.786. The Balaban J connectivity index is 2.25. The lowest BCUT2D eigenvalue weighted by molar-refractivity contribution is -0.120. The molecule has 0 unspecified atom stereocenters. The summed E-state index contributed by atoms with van der Waals surface area (Å²) in [5, 5.41) is -0.0923. The van der Waals surface area contributed by atoms with E-state index in [1.807, 2.05) is 0 Å². The first-order valence-electron chi connectivity index (χ1n) is 6.89. The minimum absolute atomic E-state index is 0.00128. The summed E-state index contributed by atoms with van der Waals surface area (Å²) in [5.41, 5.74) is 3.79. The molecule has 0 atom stereocenters. The monoisotopic (exact) mass is 340 g/mol. The van der Waals surface area contributed by atoms with Gasteiger partial charge in [0.1, 0.15) is 22.5 Å². The number of halogens is 4. The van der Waals surface area contributed by atoms with Crippen molar-refractivity contribution in [2.75, 3.05) is 0 Å². The maximum Gasteiger partial charge on any atom is 0.228 e. The fourth-order valence-corrected chi connectivity index (χ4v) is 2.83. The van der Waals surface area contributed by atoms with E-state index in [4.69, 9.17) is 17.3 Å². The molecule has 0 radical (unpaired) electrons. The van der Waals surface area contributed by atoms with Crippen molar-refractivity contribution in [3.05, 3.63) is 51.9 Å². The van der Waals surface area contributed by atoms with E-state index in [2.05, 4.69) is 4.98 Å². The average molecular weight is 341 g/mol. The lowest BCUT2D eigenvalue weighted by atomic mass is 9.93. The van der Waals surface area contributed by atoms with E-state index >= 15 is 0 Å². The predicted molar refractivity (Wildman–Crippen MR) is 79.4 cm³/mol. The van der Waals surface area contributed by atoms with Crippen LogP contribution in [0.15, 0.2) is 18.2 Å². The molecule has 0 saturated heterocycles. The van der Waals surface area contributed by atoms with Crippen molar-refractivity contribution in [3.8, 4) is 11.3 Å². The van der Waals surface area contributed by atoms with Crippen LogP contribution in [0.25, 0.3) is 11.3 Å². The number of aryl methyl sites for hydroxylation is 1. The second-order valence-electron chi connectivity index (χ2n) is 5.68. The van der Waals surface area contributed by atoms with E-state index in [9.17, 15) is 18.0 Å². The number of primary amides is 1. The molecule has 1 aromatic heterocycles. The Morgan fingerprint density at radius 1 is 1.22 bits per heavy atom. The van der Waals surface area contributed by atoms with E-state index in [1.54, 1.807) is 0 Å². The fraction of sp³-hybridized carbons (Fsp3) is 0.250. The van der Waals surface area contributed by atoms with Gasteiger partial charge >= 0.3 is 0 Å². The molecule has 23 heavy (non-hydrogen) atoms. The first kappa shape index (κ1) is 15.8. The highest BCUT2D eigenvalue weighted by Crippen LogP contribution is 2.50. The molecule has 1 saturated carbocycles. The van der Waals surface area contributed by atoms with E-state index < -0.39 is 28.8 Å². The van der Waals surface area contributed by atoms with Gasteiger partial charge in [-0.15, -0.1) is 0 Å². The molecule has 7 heteroatoms. The number of pyridine rings is 1. The molecular weight excluding hydrogens is 329 g/mol. The maximum atomic E-state index is 14.9. The normalized spacial score (nSPS) is 15.5. The summed E-state index contributed by atoms with van der Waals surface area (Å²) in [5.74, 6) is -3.24. The molecule has 2 aromatic rings. The summed E-state index contributed by atoms with van der Waals surface area (Å²) in [6.45, 7) is 1.42. The van der Waals surface area contributed by atoms with Crippen molar-refractivity contribution in [1.29, 1.82) is 0 Å². The molecule has 120 valence electrons. The predicted octanol–water partition coefficient (Wildman–Crippen LogP) is 3.64. The number of rotatable bonds is 3. The molecule has 0 bridgehead atoms. The van der Waals surface area contributed by atoms with Gasteiger partial charge in [-0.2, -0.15) is 0 Å². The van der Waals surface area contributed by atoms with Crippen molar-refractivity contribution in [3.63, 3.8) is 0 Å². The molecular formula is C16H12ClF3N2O. The van der Waals surface area contributed by atoms with Crippen molar-refractivity contribution in [2.45, 2.75) is 25.2 Å². The van der Waals surface area contributed by atoms with Crippen LogP contribution in [0.5, 0.6) is 0 Å². The molecule has 0 spiro atoms. The van der Waals surface area contributed by atoms with Crippen LogP contribution in [0.2, 0.25) is 5.15 Å². The fourth-order valence-electron chi connectivity index (χ4n) is 2.64. The maximum absolute atomic E-state index is 14.9. The summed E-state index contributed by atoms with van der Waals surface area (Å²) in [4.78, 5) is 15.4. The van der Waals surface area contributed by atoms with Crippen LogP contribution >= 0.6 is 11.6 Å². The lowest BCUT2D eigenvalue weighted by Crippen LogP contribution is -2.29. The van der Waals surface area contributed by atoms with Crippen LogP contribution in [0.3, 0.4) is 0 Å². The van der Waals surface area contributed by atoms with Crippen LogP contribution in [-0.4, -0.2) is 10.9 Å². The van der Waals surface area contributed by atoms with Crippen molar-refractivity contribution < 1.29 is 18.0 Å². The first-order valence-corrected chi connectivity index (χ1v) is 7.26. The zero-order chi connectivity index (χ0) is 16.9. The van der Waals surface area contributed by atoms with Gasteiger partial charge in [0.15, 0.2) is 5.82 Å². The van der Waals surface area contributed by atoms with Crippen LogP contribution in [0.1, 0.15) is 24.0 Å². The van der Waals surface area contributed by atoms with Crippen molar-refractivity contribution in [2.24, 2.45) is 5.73 Å². The number of carbonyl (C=O) groups excluding carboxylic acids is 1. The second kappa shape index (κ2) is 5.23. The third kappa shape index (κ3) is 2.47. The number of aromatic nitrogens is 1. The molecule has 1 amide bonds. The Morgan fingerprint density at radius 2 is 1.87 bits per heavy atom. The molecule has 0 aliphatic heterocycles. The zero-order valence-electron chi connectivity index (χ0n) is 12.1. The molecule has 1 heterocycles. The van der Waals surface area contributed by atoms with Gasteiger partial charge in [-0.05, 0) is 37.5 Å². The molecule has 2 N–H and O–H groups in total. The summed E-state index contributed by atoms with van der Waals surface area (Å²) < 4.78 is 42.3. The summed E-state index contributed by atoms with van der Waals surface area (Å²) in [6, 6.07) is 3.04. The standard InChI is InChI=1S/C16H12ClF3N2O/c1-7-4-8(11(19)6-10(7)18)14-13(20)9(5-12(17)22-14)16(2-3-16)15(21)23/h4-6H,2-3H2,1H3,(H2,21,23). The number of amides is 1. The van der Waals surface area contributed by atoms with Crippen LogP contribution in [0, 0.1) is 24.4 Å². The van der Waals surface area contributed by atoms with E-state index in [-0.39, 0.29) is 27.5 Å². The van der Waals surface area contributed by atoms with Crippen molar-refractivity contribution >= 4 is 17.5 Å². The Morgan fingerprint density at radius 3 is 2.43 bits per heavy atom. The average Bonchev–Trinajstić information content (AvgIpc) is 3.27. The highest BCUT2D eigenvalue weighted by Gasteiger charge is 2.52. The lowest BCUT2D eigenvalue weighted by Gasteiger charge is -2.16. The Labute approximate surface area is 135 Å². The van der Waals surface area contributed by atoms with Gasteiger partial charge in [0.25, 0.3) is 0 Å². The van der Waals surface area contributed by atoms with Crippen molar-refractivity contribution in [1.82, 2.24) is 4.98 Å². The van der Waals surface area contributed by atoms with E-state index in [0.29, 0.717) is 18.9 Å². The third-order valence-corrected chi connectivity index (χ3v) is 4.36. The number of hydrogen-bond donors (Lipinski definition) is 1. The summed E-state index contributed by atoms with van der Waals surface area (Å²) >= 11 is 5.91. The Kier molecular flexibility index (Phi) is 3.59. The molecule has 3 rings (SSSR count). The number of nitrogens with zero attached hydrogens (tertiary/aromatic N) is 1. The van der Waals surface area contributed by atoms with Crippen LogP contribution in [-0.2, 0) is 10.2 Å². The highest BCUT2D eigenvalue weighted by molar-refractivity contribution is 6.29. The number of nitrogens with two attached hydrogens (primary N) is 1. The van der Waals surface area contributed by atoms with Gasteiger partial charge in [0, 0.05) is 17.2 Å². The molecule has 1 aliphatic rings. The van der Waals surface area contributed by atoms with Gasteiger partial charge in [-0.1, -0.05) is 11.6 Å². The highest BCUT2D eigenvalue weighted by atomic mass is 35.5. The van der Waals surface area contributed by atoms with Crippen LogP contribution < -0.4 is 5.73 Å². The molecule has 3 nitrogen and oxygen atoms in total. The smallest absolute Gasteiger partial charge is 0.228 e. The van der Waals surface area contributed by atoms with Gasteiger partial charge in [-0.25, -0.2) is 18.2 Å². The number of hydrogen-bond acceptors (Lipinski definition) is 2. The summed E-state index contributed by atoms with van der Waals surface area (Å²) in [7, 11) is 0. The second-order valence-corrected chi connectivity index (χ2v) is 6.07. The number of carbonyl (C=O) groups is 1. The van der Waals surface area contributed by atoms with Gasteiger partial charge in [0.2, 0.25) is 5.91 Å². The SMILES string of the molecule is Cc1cc(-c2nc(Cl)cc(C3(C(N)=O)CC3)c2F)c(F)cc1F. The quantitative estimate of drug-likeness (QED) is 0.867. The van der Waals surface area contributed by atoms with E-state index in [1.165, 1.54) is 13.0 Å². The van der Waals surface area contributed by atoms with Gasteiger partial charge < -0.3 is 5.73 Å². The molecule has 1 fully saturated rings. The molecule has 1 aromatic carbocycles. The van der Waals surface area contributed by atoms with E-state index in [0.717, 1.165) is 6.07 Å². The first-order chi connectivity index (χ1) is 10.8. The minimum atomic E-state index is -1.13. The number of benzene rings is 1. The van der Waals surface area contributed by atoms with Gasteiger partial charge in [0.05, 0.1) is 5.41 Å². The largest absolute Gasteiger partial charge is 0.369 e.